The molecule has 12 heavy (non-hydrogen) atoms. The van der Waals surface area contributed by atoms with Gasteiger partial charge in [-0.05, 0) is 37.4 Å². The van der Waals surface area contributed by atoms with Gasteiger partial charge in [0, 0.05) is 5.02 Å². The minimum atomic E-state index is 0.726. The Labute approximate surface area is 78.5 Å². The maximum atomic E-state index is 6.09. The summed E-state index contributed by atoms with van der Waals surface area (Å²) in [6, 6.07) is 6.12. The van der Waals surface area contributed by atoms with Crippen LogP contribution in [0.3, 0.4) is 0 Å². The second-order valence-electron chi connectivity index (χ2n) is 2.94. The van der Waals surface area contributed by atoms with Crippen LogP contribution in [0.25, 0.3) is 0 Å². The van der Waals surface area contributed by atoms with Crippen molar-refractivity contribution in [3.05, 3.63) is 34.3 Å². The predicted octanol–water partition coefficient (Wildman–Crippen LogP) is 2.54. The van der Waals surface area contributed by atoms with Crippen molar-refractivity contribution in [1.82, 2.24) is 0 Å². The lowest BCUT2D eigenvalue weighted by atomic mass is 10.1. The zero-order valence-corrected chi connectivity index (χ0v) is 8.06. The van der Waals surface area contributed by atoms with Crippen LogP contribution in [0, 0.1) is 6.92 Å². The van der Waals surface area contributed by atoms with Gasteiger partial charge in [0.2, 0.25) is 0 Å². The van der Waals surface area contributed by atoms with Crippen molar-refractivity contribution < 1.29 is 0 Å². The fraction of sp³-hybridized carbons (Fsp3) is 0.400. The van der Waals surface area contributed by atoms with E-state index < -0.39 is 0 Å². The molecule has 0 aromatic heterocycles. The highest BCUT2D eigenvalue weighted by atomic mass is 35.5. The molecular weight excluding hydrogens is 170 g/mol. The minimum absolute atomic E-state index is 0.726. The molecule has 0 bridgehead atoms. The Hall–Kier alpha value is -0.530. The second kappa shape index (κ2) is 4.48. The first-order valence-corrected chi connectivity index (χ1v) is 4.57. The number of hydrogen-bond acceptors (Lipinski definition) is 1. The van der Waals surface area contributed by atoms with E-state index in [0.717, 1.165) is 30.0 Å². The summed E-state index contributed by atoms with van der Waals surface area (Å²) in [5, 5.41) is 0.894. The quantitative estimate of drug-likeness (QED) is 0.766. The van der Waals surface area contributed by atoms with E-state index in [9.17, 15) is 0 Å². The molecule has 0 unspecified atom stereocenters. The molecule has 1 nitrogen and oxygen atoms in total. The van der Waals surface area contributed by atoms with E-state index in [1.807, 2.05) is 19.1 Å². The molecule has 66 valence electrons. The van der Waals surface area contributed by atoms with Crippen molar-refractivity contribution in [3.8, 4) is 0 Å². The first kappa shape index (κ1) is 9.56. The molecule has 2 N–H and O–H groups in total. The van der Waals surface area contributed by atoms with Crippen molar-refractivity contribution in [2.75, 3.05) is 6.54 Å². The Morgan fingerprint density at radius 2 is 2.17 bits per heavy atom. The zero-order valence-electron chi connectivity index (χ0n) is 7.31. The Morgan fingerprint density at radius 3 is 2.83 bits per heavy atom. The zero-order chi connectivity index (χ0) is 8.97. The molecule has 1 aromatic rings. The number of rotatable bonds is 3. The van der Waals surface area contributed by atoms with Gasteiger partial charge < -0.3 is 5.73 Å². The maximum Gasteiger partial charge on any atom is 0.0467 e. The van der Waals surface area contributed by atoms with Crippen LogP contribution in [0.4, 0.5) is 0 Å². The van der Waals surface area contributed by atoms with Crippen molar-refractivity contribution in [2.45, 2.75) is 19.8 Å². The third kappa shape index (κ3) is 2.23. The van der Waals surface area contributed by atoms with Gasteiger partial charge in [-0.15, -0.1) is 0 Å². The van der Waals surface area contributed by atoms with Gasteiger partial charge in [0.25, 0.3) is 0 Å². The molecular formula is C10H14ClN. The predicted molar refractivity (Wildman–Crippen MR) is 53.6 cm³/mol. The van der Waals surface area contributed by atoms with Crippen LogP contribution in [-0.4, -0.2) is 6.54 Å². The van der Waals surface area contributed by atoms with Crippen molar-refractivity contribution in [2.24, 2.45) is 5.73 Å². The monoisotopic (exact) mass is 183 g/mol. The number of aryl methyl sites for hydroxylation is 2. The summed E-state index contributed by atoms with van der Waals surface area (Å²) in [7, 11) is 0. The molecule has 0 atom stereocenters. The fourth-order valence-electron chi connectivity index (χ4n) is 1.19. The van der Waals surface area contributed by atoms with Crippen LogP contribution in [0.2, 0.25) is 5.02 Å². The van der Waals surface area contributed by atoms with Gasteiger partial charge in [-0.3, -0.25) is 0 Å². The van der Waals surface area contributed by atoms with Gasteiger partial charge in [-0.1, -0.05) is 29.8 Å². The van der Waals surface area contributed by atoms with Gasteiger partial charge in [0.1, 0.15) is 0 Å². The first-order valence-electron chi connectivity index (χ1n) is 4.19. The van der Waals surface area contributed by atoms with Crippen LogP contribution >= 0.6 is 11.6 Å². The molecule has 0 aliphatic rings. The Balaban J connectivity index is 2.78. The summed E-state index contributed by atoms with van der Waals surface area (Å²) >= 11 is 6.09. The van der Waals surface area contributed by atoms with Crippen LogP contribution in [-0.2, 0) is 6.42 Å². The van der Waals surface area contributed by atoms with Crippen LogP contribution in [0.15, 0.2) is 18.2 Å². The normalized spacial score (nSPS) is 10.2. The van der Waals surface area contributed by atoms with Crippen LogP contribution in [0.1, 0.15) is 17.5 Å². The number of benzene rings is 1. The average Bonchev–Trinajstić information content (AvgIpc) is 2.08. The SMILES string of the molecule is Cc1cccc(CCCN)c1Cl. The standard InChI is InChI=1S/C10H14ClN/c1-8-4-2-5-9(10(8)11)6-3-7-12/h2,4-5H,3,6-7,12H2,1H3. The van der Waals surface area contributed by atoms with Crippen LogP contribution < -0.4 is 5.73 Å². The summed E-state index contributed by atoms with van der Waals surface area (Å²) in [6.45, 7) is 2.75. The number of hydrogen-bond donors (Lipinski definition) is 1. The highest BCUT2D eigenvalue weighted by Crippen LogP contribution is 2.21. The van der Waals surface area contributed by atoms with E-state index in [4.69, 9.17) is 17.3 Å². The summed E-state index contributed by atoms with van der Waals surface area (Å²) < 4.78 is 0. The molecule has 1 aromatic carbocycles. The molecule has 0 saturated carbocycles. The lowest BCUT2D eigenvalue weighted by Crippen LogP contribution is -2.00. The molecule has 2 heteroatoms. The van der Waals surface area contributed by atoms with Gasteiger partial charge in [0.05, 0.1) is 0 Å². The van der Waals surface area contributed by atoms with Crippen LogP contribution in [0.5, 0.6) is 0 Å². The van der Waals surface area contributed by atoms with E-state index >= 15 is 0 Å². The highest BCUT2D eigenvalue weighted by molar-refractivity contribution is 6.32. The van der Waals surface area contributed by atoms with E-state index in [-0.39, 0.29) is 0 Å². The summed E-state index contributed by atoms with van der Waals surface area (Å²) in [5.74, 6) is 0. The molecule has 0 radical (unpaired) electrons. The smallest absolute Gasteiger partial charge is 0.0467 e. The van der Waals surface area contributed by atoms with Gasteiger partial charge in [0.15, 0.2) is 0 Å². The van der Waals surface area contributed by atoms with E-state index in [1.54, 1.807) is 0 Å². The second-order valence-corrected chi connectivity index (χ2v) is 3.32. The van der Waals surface area contributed by atoms with E-state index in [0.29, 0.717) is 0 Å². The molecule has 0 aliphatic carbocycles. The summed E-state index contributed by atoms with van der Waals surface area (Å²) in [5.41, 5.74) is 7.78. The molecule has 1 rings (SSSR count). The number of halogens is 1. The van der Waals surface area contributed by atoms with Crippen molar-refractivity contribution >= 4 is 11.6 Å². The highest BCUT2D eigenvalue weighted by Gasteiger charge is 2.00. The lowest BCUT2D eigenvalue weighted by molar-refractivity contribution is 0.832. The largest absolute Gasteiger partial charge is 0.330 e. The minimum Gasteiger partial charge on any atom is -0.330 e. The van der Waals surface area contributed by atoms with E-state index in [1.165, 1.54) is 5.56 Å². The third-order valence-electron chi connectivity index (χ3n) is 1.92. The van der Waals surface area contributed by atoms with E-state index in [2.05, 4.69) is 6.07 Å². The van der Waals surface area contributed by atoms with Gasteiger partial charge >= 0.3 is 0 Å². The molecule has 0 saturated heterocycles. The molecule has 0 amide bonds. The molecule has 0 fully saturated rings. The summed E-state index contributed by atoms with van der Waals surface area (Å²) in [6.07, 6.45) is 1.99. The van der Waals surface area contributed by atoms with Crippen molar-refractivity contribution in [1.29, 1.82) is 0 Å². The molecule has 0 heterocycles. The Morgan fingerprint density at radius 1 is 1.42 bits per heavy atom. The third-order valence-corrected chi connectivity index (χ3v) is 2.46. The molecule has 0 spiro atoms. The van der Waals surface area contributed by atoms with Gasteiger partial charge in [-0.2, -0.15) is 0 Å². The molecule has 0 aliphatic heterocycles. The first-order chi connectivity index (χ1) is 5.75. The average molecular weight is 184 g/mol. The van der Waals surface area contributed by atoms with Gasteiger partial charge in [-0.25, -0.2) is 0 Å². The number of nitrogens with two attached hydrogens (primary N) is 1. The lowest BCUT2D eigenvalue weighted by Gasteiger charge is -2.04. The maximum absolute atomic E-state index is 6.09. The fourth-order valence-corrected chi connectivity index (χ4v) is 1.41. The Bertz CT molecular complexity index is 258. The topological polar surface area (TPSA) is 26.0 Å². The summed E-state index contributed by atoms with van der Waals surface area (Å²) in [4.78, 5) is 0. The Kier molecular flexibility index (Phi) is 3.57. The van der Waals surface area contributed by atoms with Crippen molar-refractivity contribution in [3.63, 3.8) is 0 Å².